The molecule has 0 aromatic heterocycles. The highest BCUT2D eigenvalue weighted by molar-refractivity contribution is 6.03. The highest BCUT2D eigenvalue weighted by atomic mass is 16.2. The van der Waals surface area contributed by atoms with Crippen molar-refractivity contribution in [1.82, 2.24) is 10.2 Å². The Morgan fingerprint density at radius 1 is 1.16 bits per heavy atom. The highest BCUT2D eigenvalue weighted by Crippen LogP contribution is 2.31. The second-order valence-corrected chi connectivity index (χ2v) is 8.22. The Balaban J connectivity index is 1.74. The number of hydrogen-bond acceptors (Lipinski definition) is 5. The summed E-state index contributed by atoms with van der Waals surface area (Å²) >= 11 is 0. The van der Waals surface area contributed by atoms with Gasteiger partial charge in [0.15, 0.2) is 0 Å². The summed E-state index contributed by atoms with van der Waals surface area (Å²) in [5.74, 6) is -0.155. The quantitative estimate of drug-likeness (QED) is 0.276. The Morgan fingerprint density at radius 3 is 2.65 bits per heavy atom. The van der Waals surface area contributed by atoms with Crippen LogP contribution in [-0.2, 0) is 16.1 Å². The van der Waals surface area contributed by atoms with Crippen LogP contribution in [0, 0.1) is 0 Å². The molecule has 1 aromatic rings. The van der Waals surface area contributed by atoms with Gasteiger partial charge in [0.05, 0.1) is 6.04 Å². The smallest absolute Gasteiger partial charge is 0.255 e. The molecule has 1 unspecified atom stereocenters. The summed E-state index contributed by atoms with van der Waals surface area (Å²) in [6.45, 7) is 5.10. The second kappa shape index (κ2) is 13.9. The number of benzene rings is 1. The Labute approximate surface area is 186 Å². The summed E-state index contributed by atoms with van der Waals surface area (Å²) in [6.07, 6.45) is 9.15. The molecule has 7 heteroatoms. The third kappa shape index (κ3) is 7.74. The SMILES string of the molecule is CCCC(C=O)N1Cc2c(NC(=O)CCCCCCCNCCCN)cccc2C1=O. The second-order valence-electron chi connectivity index (χ2n) is 8.22. The summed E-state index contributed by atoms with van der Waals surface area (Å²) in [6, 6.07) is 4.98. The topological polar surface area (TPSA) is 105 Å². The maximum Gasteiger partial charge on any atom is 0.255 e. The molecular weight excluding hydrogens is 392 g/mol. The first-order valence-corrected chi connectivity index (χ1v) is 11.7. The van der Waals surface area contributed by atoms with Gasteiger partial charge in [-0.05, 0) is 57.5 Å². The molecule has 1 aliphatic rings. The number of nitrogens with one attached hydrogen (secondary N) is 2. The van der Waals surface area contributed by atoms with E-state index >= 15 is 0 Å². The minimum atomic E-state index is -0.413. The number of carbonyl (C=O) groups excluding carboxylic acids is 3. The summed E-state index contributed by atoms with van der Waals surface area (Å²) in [5, 5.41) is 6.35. The lowest BCUT2D eigenvalue weighted by Crippen LogP contribution is -2.36. The van der Waals surface area contributed by atoms with Gasteiger partial charge in [0.25, 0.3) is 5.91 Å². The zero-order chi connectivity index (χ0) is 22.5. The van der Waals surface area contributed by atoms with Crippen molar-refractivity contribution in [3.63, 3.8) is 0 Å². The average molecular weight is 431 g/mol. The van der Waals surface area contributed by atoms with Gasteiger partial charge in [-0.1, -0.05) is 38.7 Å². The van der Waals surface area contributed by atoms with Crippen LogP contribution in [0.15, 0.2) is 18.2 Å². The normalized spacial score (nSPS) is 13.9. The van der Waals surface area contributed by atoms with Gasteiger partial charge < -0.3 is 26.1 Å². The number of nitrogens with zero attached hydrogens (tertiary/aromatic N) is 1. The Morgan fingerprint density at radius 2 is 1.90 bits per heavy atom. The highest BCUT2D eigenvalue weighted by Gasteiger charge is 2.33. The summed E-state index contributed by atoms with van der Waals surface area (Å²) in [4.78, 5) is 38.2. The molecule has 0 radical (unpaired) electrons. The van der Waals surface area contributed by atoms with Crippen molar-refractivity contribution in [3.8, 4) is 0 Å². The van der Waals surface area contributed by atoms with Gasteiger partial charge in [0, 0.05) is 29.8 Å². The molecule has 2 amide bonds. The lowest BCUT2D eigenvalue weighted by Gasteiger charge is -2.22. The summed E-state index contributed by atoms with van der Waals surface area (Å²) < 4.78 is 0. The van der Waals surface area contributed by atoms with E-state index in [9.17, 15) is 14.4 Å². The van der Waals surface area contributed by atoms with E-state index in [4.69, 9.17) is 5.73 Å². The predicted octanol–water partition coefficient (Wildman–Crippen LogP) is 3.23. The summed E-state index contributed by atoms with van der Waals surface area (Å²) in [5.41, 5.74) is 7.54. The van der Waals surface area contributed by atoms with Gasteiger partial charge >= 0.3 is 0 Å². The number of fused-ring (bicyclic) bond motifs is 1. The largest absolute Gasteiger partial charge is 0.330 e. The molecule has 7 nitrogen and oxygen atoms in total. The van der Waals surface area contributed by atoms with Crippen LogP contribution in [0.1, 0.15) is 80.6 Å². The van der Waals surface area contributed by atoms with Crippen molar-refractivity contribution >= 4 is 23.8 Å². The van der Waals surface area contributed by atoms with Crippen molar-refractivity contribution in [1.29, 1.82) is 0 Å². The first-order chi connectivity index (χ1) is 15.1. The third-order valence-corrected chi connectivity index (χ3v) is 5.73. The van der Waals surface area contributed by atoms with Crippen LogP contribution < -0.4 is 16.4 Å². The van der Waals surface area contributed by atoms with Crippen molar-refractivity contribution in [3.05, 3.63) is 29.3 Å². The average Bonchev–Trinajstić information content (AvgIpc) is 3.11. The van der Waals surface area contributed by atoms with Gasteiger partial charge in [0.2, 0.25) is 5.91 Å². The molecule has 0 fully saturated rings. The van der Waals surface area contributed by atoms with E-state index in [1.165, 1.54) is 0 Å². The molecule has 2 rings (SSSR count). The Hall–Kier alpha value is -2.25. The molecule has 172 valence electrons. The molecule has 0 bridgehead atoms. The van der Waals surface area contributed by atoms with Crippen LogP contribution in [0.2, 0.25) is 0 Å². The van der Waals surface area contributed by atoms with Crippen molar-refractivity contribution < 1.29 is 14.4 Å². The Bertz CT molecular complexity index is 723. The molecule has 0 aliphatic carbocycles. The maximum absolute atomic E-state index is 12.7. The van der Waals surface area contributed by atoms with E-state index in [1.807, 2.05) is 13.0 Å². The molecule has 0 saturated carbocycles. The minimum Gasteiger partial charge on any atom is -0.330 e. The molecule has 1 atom stereocenters. The molecule has 31 heavy (non-hydrogen) atoms. The van der Waals surface area contributed by atoms with Gasteiger partial charge in [-0.25, -0.2) is 0 Å². The number of anilines is 1. The first kappa shape index (κ1) is 25.0. The Kier molecular flexibility index (Phi) is 11.2. The van der Waals surface area contributed by atoms with E-state index in [1.54, 1.807) is 17.0 Å². The molecule has 1 heterocycles. The van der Waals surface area contributed by atoms with Crippen molar-refractivity contribution in [2.24, 2.45) is 5.73 Å². The van der Waals surface area contributed by atoms with E-state index in [0.717, 1.165) is 76.4 Å². The van der Waals surface area contributed by atoms with Crippen LogP contribution in [0.4, 0.5) is 5.69 Å². The predicted molar refractivity (Wildman–Crippen MR) is 124 cm³/mol. The molecule has 1 aromatic carbocycles. The zero-order valence-electron chi connectivity index (χ0n) is 18.8. The minimum absolute atomic E-state index is 0.0248. The monoisotopic (exact) mass is 430 g/mol. The van der Waals surface area contributed by atoms with Crippen LogP contribution in [-0.4, -0.2) is 48.7 Å². The number of nitrogens with two attached hydrogens (primary N) is 1. The number of aldehydes is 1. The lowest BCUT2D eigenvalue weighted by molar-refractivity contribution is -0.116. The number of carbonyl (C=O) groups is 3. The van der Waals surface area contributed by atoms with Crippen LogP contribution in [0.3, 0.4) is 0 Å². The van der Waals surface area contributed by atoms with Gasteiger partial charge in [-0.3, -0.25) is 9.59 Å². The van der Waals surface area contributed by atoms with E-state index in [2.05, 4.69) is 10.6 Å². The van der Waals surface area contributed by atoms with E-state index in [0.29, 0.717) is 30.6 Å². The fraction of sp³-hybridized carbons (Fsp3) is 0.625. The van der Waals surface area contributed by atoms with Crippen molar-refractivity contribution in [2.45, 2.75) is 77.3 Å². The maximum atomic E-state index is 12.7. The van der Waals surface area contributed by atoms with Crippen LogP contribution in [0.5, 0.6) is 0 Å². The van der Waals surface area contributed by atoms with Gasteiger partial charge in [-0.15, -0.1) is 0 Å². The number of hydrogen-bond donors (Lipinski definition) is 3. The fourth-order valence-corrected chi connectivity index (χ4v) is 3.96. The molecule has 0 saturated heterocycles. The number of unbranched alkanes of at least 4 members (excludes halogenated alkanes) is 4. The third-order valence-electron chi connectivity index (χ3n) is 5.73. The van der Waals surface area contributed by atoms with Gasteiger partial charge in [-0.2, -0.15) is 0 Å². The van der Waals surface area contributed by atoms with Crippen LogP contribution in [0.25, 0.3) is 0 Å². The van der Waals surface area contributed by atoms with E-state index < -0.39 is 6.04 Å². The molecular formula is C24H38N4O3. The fourth-order valence-electron chi connectivity index (χ4n) is 3.96. The van der Waals surface area contributed by atoms with Crippen molar-refractivity contribution in [2.75, 3.05) is 25.0 Å². The lowest BCUT2D eigenvalue weighted by atomic mass is 10.1. The molecule has 0 spiro atoms. The number of amides is 2. The first-order valence-electron chi connectivity index (χ1n) is 11.7. The summed E-state index contributed by atoms with van der Waals surface area (Å²) in [7, 11) is 0. The zero-order valence-corrected chi connectivity index (χ0v) is 18.8. The van der Waals surface area contributed by atoms with Crippen LogP contribution >= 0.6 is 0 Å². The molecule has 1 aliphatic heterocycles. The standard InChI is InChI=1S/C24H38N4O3/c1-2-10-19(18-29)28-17-21-20(24(28)31)11-8-12-22(21)27-23(30)13-6-4-3-5-7-15-26-16-9-14-25/h8,11-12,18-19,26H,2-7,9-10,13-17,25H2,1H3,(H,27,30). The van der Waals surface area contributed by atoms with E-state index in [-0.39, 0.29) is 11.8 Å². The number of rotatable bonds is 16. The van der Waals surface area contributed by atoms with Gasteiger partial charge in [0.1, 0.15) is 6.29 Å². The molecule has 4 N–H and O–H groups in total.